The molecule has 1 aliphatic rings. The van der Waals surface area contributed by atoms with Gasteiger partial charge in [-0.2, -0.15) is 0 Å². The first-order valence-corrected chi connectivity index (χ1v) is 8.65. The van der Waals surface area contributed by atoms with Crippen LogP contribution >= 0.6 is 0 Å². The van der Waals surface area contributed by atoms with Crippen molar-refractivity contribution in [2.75, 3.05) is 31.2 Å². The zero-order chi connectivity index (χ0) is 18.0. The number of nitrogens with zero attached hydrogens (tertiary/aromatic N) is 2. The standard InChI is InChI=1S/C19H24N2O4/c1-4-24-16-10-13-14(11-17(16)25-5-2)20-8-6-15(13)21-9-7-19(3,12-21)18(22)23/h6,8,10-11H,4-5,7,9,12H2,1-3H3,(H,22,23). The molecule has 0 amide bonds. The summed E-state index contributed by atoms with van der Waals surface area (Å²) < 4.78 is 11.4. The van der Waals surface area contributed by atoms with E-state index < -0.39 is 11.4 Å². The predicted molar refractivity (Wildman–Crippen MR) is 96.7 cm³/mol. The van der Waals surface area contributed by atoms with Gasteiger partial charge >= 0.3 is 5.97 Å². The minimum Gasteiger partial charge on any atom is -0.490 e. The van der Waals surface area contributed by atoms with Crippen LogP contribution in [0.5, 0.6) is 11.5 Å². The number of benzene rings is 1. The molecule has 1 N–H and O–H groups in total. The van der Waals surface area contributed by atoms with Gasteiger partial charge in [-0.05, 0) is 39.3 Å². The number of anilines is 1. The van der Waals surface area contributed by atoms with Crippen LogP contribution in [0.4, 0.5) is 5.69 Å². The zero-order valence-corrected chi connectivity index (χ0v) is 14.9. The number of pyridine rings is 1. The molecule has 1 aromatic carbocycles. The summed E-state index contributed by atoms with van der Waals surface area (Å²) in [6.07, 6.45) is 2.38. The molecule has 0 bridgehead atoms. The van der Waals surface area contributed by atoms with Gasteiger partial charge in [0, 0.05) is 36.4 Å². The van der Waals surface area contributed by atoms with E-state index in [1.807, 2.05) is 32.0 Å². The maximum atomic E-state index is 11.5. The van der Waals surface area contributed by atoms with Gasteiger partial charge < -0.3 is 19.5 Å². The smallest absolute Gasteiger partial charge is 0.311 e. The summed E-state index contributed by atoms with van der Waals surface area (Å²) >= 11 is 0. The van der Waals surface area contributed by atoms with E-state index in [2.05, 4.69) is 9.88 Å². The van der Waals surface area contributed by atoms with Crippen molar-refractivity contribution in [1.29, 1.82) is 0 Å². The third-order valence-electron chi connectivity index (χ3n) is 4.71. The van der Waals surface area contributed by atoms with Crippen LogP contribution in [0.3, 0.4) is 0 Å². The molecule has 25 heavy (non-hydrogen) atoms. The van der Waals surface area contributed by atoms with Crippen molar-refractivity contribution in [3.63, 3.8) is 0 Å². The summed E-state index contributed by atoms with van der Waals surface area (Å²) in [4.78, 5) is 18.1. The Kier molecular flexibility index (Phi) is 4.70. The Labute approximate surface area is 147 Å². The lowest BCUT2D eigenvalue weighted by molar-refractivity contribution is -0.146. The molecular weight excluding hydrogens is 320 g/mol. The summed E-state index contributed by atoms with van der Waals surface area (Å²) in [6, 6.07) is 5.77. The number of carbonyl (C=O) groups is 1. The highest BCUT2D eigenvalue weighted by Crippen LogP contribution is 2.39. The summed E-state index contributed by atoms with van der Waals surface area (Å²) in [6.45, 7) is 7.95. The first-order valence-electron chi connectivity index (χ1n) is 8.65. The molecule has 6 nitrogen and oxygen atoms in total. The van der Waals surface area contributed by atoms with Crippen LogP contribution in [0, 0.1) is 5.41 Å². The number of rotatable bonds is 6. The largest absolute Gasteiger partial charge is 0.490 e. The van der Waals surface area contributed by atoms with Crippen LogP contribution in [-0.2, 0) is 4.79 Å². The Bertz CT molecular complexity index is 792. The molecule has 2 heterocycles. The summed E-state index contributed by atoms with van der Waals surface area (Å²) in [7, 11) is 0. The topological polar surface area (TPSA) is 71.9 Å². The van der Waals surface area contributed by atoms with Crippen LogP contribution in [0.15, 0.2) is 24.4 Å². The van der Waals surface area contributed by atoms with Crippen LogP contribution in [0.25, 0.3) is 10.9 Å². The molecule has 6 heteroatoms. The van der Waals surface area contributed by atoms with Gasteiger partial charge in [-0.15, -0.1) is 0 Å². The molecule has 1 unspecified atom stereocenters. The maximum Gasteiger partial charge on any atom is 0.311 e. The van der Waals surface area contributed by atoms with Crippen LogP contribution in [0.2, 0.25) is 0 Å². The molecule has 0 aliphatic carbocycles. The SMILES string of the molecule is CCOc1cc2nccc(N3CCC(C)(C(=O)O)C3)c2cc1OCC. The van der Waals surface area contributed by atoms with Gasteiger partial charge in [0.2, 0.25) is 0 Å². The minimum absolute atomic E-state index is 0.485. The minimum atomic E-state index is -0.748. The Morgan fingerprint density at radius 3 is 2.56 bits per heavy atom. The molecule has 2 aromatic rings. The van der Waals surface area contributed by atoms with Crippen molar-refractivity contribution in [2.45, 2.75) is 27.2 Å². The summed E-state index contributed by atoms with van der Waals surface area (Å²) in [5.41, 5.74) is 1.08. The monoisotopic (exact) mass is 344 g/mol. The zero-order valence-electron chi connectivity index (χ0n) is 14.9. The lowest BCUT2D eigenvalue weighted by Crippen LogP contribution is -2.31. The average Bonchev–Trinajstić information content (AvgIpc) is 2.99. The maximum absolute atomic E-state index is 11.5. The van der Waals surface area contributed by atoms with E-state index in [0.717, 1.165) is 16.6 Å². The molecule has 1 aromatic heterocycles. The van der Waals surface area contributed by atoms with E-state index >= 15 is 0 Å². The number of hydrogen-bond acceptors (Lipinski definition) is 5. The van der Waals surface area contributed by atoms with Crippen molar-refractivity contribution >= 4 is 22.6 Å². The highest BCUT2D eigenvalue weighted by molar-refractivity contribution is 5.94. The molecule has 0 spiro atoms. The number of carboxylic acid groups (broad SMARTS) is 1. The van der Waals surface area contributed by atoms with Crippen LogP contribution in [-0.4, -0.2) is 42.4 Å². The Morgan fingerprint density at radius 1 is 1.28 bits per heavy atom. The fourth-order valence-electron chi connectivity index (χ4n) is 3.29. The Morgan fingerprint density at radius 2 is 1.96 bits per heavy atom. The Hall–Kier alpha value is -2.50. The first-order chi connectivity index (χ1) is 12.0. The van der Waals surface area contributed by atoms with E-state index in [1.165, 1.54) is 0 Å². The second-order valence-corrected chi connectivity index (χ2v) is 6.55. The van der Waals surface area contributed by atoms with E-state index in [0.29, 0.717) is 44.2 Å². The second kappa shape index (κ2) is 6.78. The van der Waals surface area contributed by atoms with Gasteiger partial charge in [-0.3, -0.25) is 9.78 Å². The number of hydrogen-bond donors (Lipinski definition) is 1. The number of carboxylic acids is 1. The molecule has 134 valence electrons. The number of aromatic nitrogens is 1. The molecule has 1 saturated heterocycles. The number of ether oxygens (including phenoxy) is 2. The molecule has 1 aliphatic heterocycles. The molecule has 1 fully saturated rings. The van der Waals surface area contributed by atoms with Crippen molar-refractivity contribution in [3.8, 4) is 11.5 Å². The first kappa shape index (κ1) is 17.3. The normalized spacial score (nSPS) is 20.0. The number of fused-ring (bicyclic) bond motifs is 1. The molecular formula is C19H24N2O4. The van der Waals surface area contributed by atoms with E-state index in [-0.39, 0.29) is 0 Å². The quantitative estimate of drug-likeness (QED) is 0.866. The fourth-order valence-corrected chi connectivity index (χ4v) is 3.29. The summed E-state index contributed by atoms with van der Waals surface area (Å²) in [5.74, 6) is 0.617. The van der Waals surface area contributed by atoms with Crippen molar-refractivity contribution in [1.82, 2.24) is 4.98 Å². The Balaban J connectivity index is 2.04. The highest BCUT2D eigenvalue weighted by atomic mass is 16.5. The van der Waals surface area contributed by atoms with Gasteiger partial charge in [0.25, 0.3) is 0 Å². The third kappa shape index (κ3) is 3.21. The summed E-state index contributed by atoms with van der Waals surface area (Å²) in [5, 5.41) is 10.4. The van der Waals surface area contributed by atoms with Crippen molar-refractivity contribution in [2.24, 2.45) is 5.41 Å². The van der Waals surface area contributed by atoms with E-state index in [1.54, 1.807) is 13.1 Å². The van der Waals surface area contributed by atoms with Gasteiger partial charge in [-0.25, -0.2) is 0 Å². The predicted octanol–water partition coefficient (Wildman–Crippen LogP) is 3.33. The van der Waals surface area contributed by atoms with Crippen LogP contribution in [0.1, 0.15) is 27.2 Å². The van der Waals surface area contributed by atoms with Crippen molar-refractivity contribution in [3.05, 3.63) is 24.4 Å². The molecule has 0 saturated carbocycles. The van der Waals surface area contributed by atoms with E-state index in [9.17, 15) is 9.90 Å². The molecule has 1 atom stereocenters. The van der Waals surface area contributed by atoms with E-state index in [4.69, 9.17) is 9.47 Å². The molecule has 0 radical (unpaired) electrons. The average molecular weight is 344 g/mol. The van der Waals surface area contributed by atoms with Gasteiger partial charge in [0.15, 0.2) is 11.5 Å². The lowest BCUT2D eigenvalue weighted by Gasteiger charge is -2.23. The van der Waals surface area contributed by atoms with Crippen molar-refractivity contribution < 1.29 is 19.4 Å². The fraction of sp³-hybridized carbons (Fsp3) is 0.474. The van der Waals surface area contributed by atoms with Gasteiger partial charge in [-0.1, -0.05) is 0 Å². The number of aliphatic carboxylic acids is 1. The second-order valence-electron chi connectivity index (χ2n) is 6.55. The lowest BCUT2D eigenvalue weighted by atomic mass is 9.90. The van der Waals surface area contributed by atoms with Crippen LogP contribution < -0.4 is 14.4 Å². The van der Waals surface area contributed by atoms with Gasteiger partial charge in [0.1, 0.15) is 0 Å². The third-order valence-corrected chi connectivity index (χ3v) is 4.71. The molecule has 3 rings (SSSR count). The van der Waals surface area contributed by atoms with Gasteiger partial charge in [0.05, 0.1) is 24.1 Å². The highest BCUT2D eigenvalue weighted by Gasteiger charge is 2.40.